The molecule has 1 aromatic carbocycles. The van der Waals surface area contributed by atoms with Crippen LogP contribution in [0.5, 0.6) is 5.75 Å². The highest BCUT2D eigenvalue weighted by molar-refractivity contribution is 6.32. The molecule has 1 rings (SSSR count). The highest BCUT2D eigenvalue weighted by atomic mass is 35.5. The van der Waals surface area contributed by atoms with Gasteiger partial charge in [-0.2, -0.15) is 0 Å². The molecule has 78 valence electrons. The molecule has 0 bridgehead atoms. The second-order valence-corrected chi connectivity index (χ2v) is 3.31. The molecule has 0 fully saturated rings. The molecule has 7 heteroatoms. The lowest BCUT2D eigenvalue weighted by atomic mass is 10.2. The van der Waals surface area contributed by atoms with Gasteiger partial charge in [-0.25, -0.2) is 0 Å². The molecule has 0 amide bonds. The molecule has 0 saturated heterocycles. The minimum absolute atomic E-state index is 0.0861. The Kier molecular flexibility index (Phi) is 2.92. The molecule has 0 aliphatic carbocycles. The SMILES string of the molecule is Nc1cc(Cl)c(OC(F)(F)Cl)cc1N. The van der Waals surface area contributed by atoms with E-state index in [0.717, 1.165) is 6.07 Å². The first kappa shape index (κ1) is 11.1. The second kappa shape index (κ2) is 3.67. The van der Waals surface area contributed by atoms with Crippen molar-refractivity contribution in [2.75, 3.05) is 11.5 Å². The van der Waals surface area contributed by atoms with Gasteiger partial charge in [-0.3, -0.25) is 0 Å². The number of nitrogens with two attached hydrogens (primary N) is 2. The molecule has 0 atom stereocenters. The van der Waals surface area contributed by atoms with Gasteiger partial charge in [0.15, 0.2) is 0 Å². The largest absolute Gasteiger partial charge is 0.487 e. The van der Waals surface area contributed by atoms with Gasteiger partial charge in [-0.05, 0) is 6.07 Å². The molecule has 1 aromatic rings. The average Bonchev–Trinajstić information content (AvgIpc) is 1.97. The summed E-state index contributed by atoms with van der Waals surface area (Å²) in [4.78, 5) is 0. The molecule has 0 spiro atoms. The van der Waals surface area contributed by atoms with Crippen LogP contribution in [0.2, 0.25) is 5.02 Å². The third-order valence-electron chi connectivity index (χ3n) is 1.36. The molecule has 4 N–H and O–H groups in total. The van der Waals surface area contributed by atoms with E-state index >= 15 is 0 Å². The molecule has 0 unspecified atom stereocenters. The van der Waals surface area contributed by atoms with Crippen molar-refractivity contribution in [3.63, 3.8) is 0 Å². The van der Waals surface area contributed by atoms with Crippen molar-refractivity contribution < 1.29 is 13.5 Å². The summed E-state index contributed by atoms with van der Waals surface area (Å²) in [5.41, 5.74) is 7.17. The van der Waals surface area contributed by atoms with Crippen LogP contribution in [-0.2, 0) is 0 Å². The number of rotatable bonds is 2. The molecule has 0 saturated carbocycles. The Labute approximate surface area is 88.5 Å². The summed E-state index contributed by atoms with van der Waals surface area (Å²) < 4.78 is 28.5. The van der Waals surface area contributed by atoms with E-state index in [1.807, 2.05) is 0 Å². The van der Waals surface area contributed by atoms with Gasteiger partial charge in [0.05, 0.1) is 16.4 Å². The second-order valence-electron chi connectivity index (χ2n) is 2.46. The predicted molar refractivity (Wildman–Crippen MR) is 51.7 cm³/mol. The minimum Gasteiger partial charge on any atom is -0.418 e. The van der Waals surface area contributed by atoms with E-state index in [1.54, 1.807) is 0 Å². The summed E-state index contributed by atoms with van der Waals surface area (Å²) in [6.45, 7) is 0. The van der Waals surface area contributed by atoms with Gasteiger partial charge < -0.3 is 16.2 Å². The Hall–Kier alpha value is -0.940. The minimum atomic E-state index is -3.83. The van der Waals surface area contributed by atoms with Crippen molar-refractivity contribution >= 4 is 34.6 Å². The van der Waals surface area contributed by atoms with Gasteiger partial charge in [0.2, 0.25) is 0 Å². The number of alkyl halides is 3. The summed E-state index contributed by atoms with van der Waals surface area (Å²) in [6.07, 6.45) is 0. The number of halogens is 4. The van der Waals surface area contributed by atoms with E-state index in [2.05, 4.69) is 16.3 Å². The van der Waals surface area contributed by atoms with Gasteiger partial charge in [-0.15, -0.1) is 8.78 Å². The Morgan fingerprint density at radius 3 is 2.21 bits per heavy atom. The van der Waals surface area contributed by atoms with Crippen LogP contribution in [0.4, 0.5) is 20.2 Å². The van der Waals surface area contributed by atoms with Gasteiger partial charge >= 0.3 is 5.57 Å². The summed E-state index contributed by atoms with van der Waals surface area (Å²) in [5, 5.41) is -0.0861. The number of anilines is 2. The van der Waals surface area contributed by atoms with Crippen molar-refractivity contribution in [3.05, 3.63) is 17.2 Å². The lowest BCUT2D eigenvalue weighted by Gasteiger charge is -2.13. The van der Waals surface area contributed by atoms with Crippen molar-refractivity contribution in [2.24, 2.45) is 0 Å². The lowest BCUT2D eigenvalue weighted by Crippen LogP contribution is -2.16. The molecular weight excluding hydrogens is 237 g/mol. The van der Waals surface area contributed by atoms with E-state index < -0.39 is 5.57 Å². The first-order chi connectivity index (χ1) is 6.29. The molecule has 0 aliphatic rings. The Bertz CT molecular complexity index is 354. The first-order valence-electron chi connectivity index (χ1n) is 3.40. The highest BCUT2D eigenvalue weighted by Crippen LogP contribution is 2.35. The normalized spacial score (nSPS) is 11.4. The summed E-state index contributed by atoms with van der Waals surface area (Å²) in [7, 11) is 0. The molecule has 0 heterocycles. The maximum Gasteiger partial charge on any atom is 0.487 e. The monoisotopic (exact) mass is 242 g/mol. The topological polar surface area (TPSA) is 61.3 Å². The third-order valence-corrected chi connectivity index (χ3v) is 1.74. The molecule has 3 nitrogen and oxygen atoms in total. The van der Waals surface area contributed by atoms with Crippen LogP contribution >= 0.6 is 23.2 Å². The Balaban J connectivity index is 3.04. The van der Waals surface area contributed by atoms with Crippen molar-refractivity contribution in [1.82, 2.24) is 0 Å². The summed E-state index contributed by atoms with van der Waals surface area (Å²) in [5.74, 6) is -0.321. The van der Waals surface area contributed by atoms with E-state index in [-0.39, 0.29) is 22.1 Å². The van der Waals surface area contributed by atoms with Crippen LogP contribution < -0.4 is 16.2 Å². The number of ether oxygens (including phenoxy) is 1. The number of hydrogen-bond donors (Lipinski definition) is 2. The van der Waals surface area contributed by atoms with Gasteiger partial charge in [-0.1, -0.05) is 11.6 Å². The smallest absolute Gasteiger partial charge is 0.418 e. The van der Waals surface area contributed by atoms with Crippen LogP contribution in [0, 0.1) is 0 Å². The number of nitrogen functional groups attached to an aromatic ring is 2. The van der Waals surface area contributed by atoms with Crippen LogP contribution in [0.15, 0.2) is 12.1 Å². The third kappa shape index (κ3) is 2.78. The van der Waals surface area contributed by atoms with Crippen molar-refractivity contribution in [2.45, 2.75) is 5.57 Å². The lowest BCUT2D eigenvalue weighted by molar-refractivity contribution is -0.0963. The van der Waals surface area contributed by atoms with E-state index in [1.165, 1.54) is 6.07 Å². The van der Waals surface area contributed by atoms with Gasteiger partial charge in [0.1, 0.15) is 5.75 Å². The molecule has 14 heavy (non-hydrogen) atoms. The van der Waals surface area contributed by atoms with Crippen molar-refractivity contribution in [3.8, 4) is 5.75 Å². The maximum atomic E-state index is 12.2. The fourth-order valence-corrected chi connectivity index (χ4v) is 1.08. The van der Waals surface area contributed by atoms with Crippen LogP contribution in [-0.4, -0.2) is 5.57 Å². The van der Waals surface area contributed by atoms with Crippen molar-refractivity contribution in [1.29, 1.82) is 0 Å². The van der Waals surface area contributed by atoms with E-state index in [4.69, 9.17) is 23.1 Å². The quantitative estimate of drug-likeness (QED) is 0.620. The predicted octanol–water partition coefficient (Wildman–Crippen LogP) is 2.67. The van der Waals surface area contributed by atoms with Gasteiger partial charge in [0, 0.05) is 17.7 Å². The number of benzene rings is 1. The first-order valence-corrected chi connectivity index (χ1v) is 4.15. The molecular formula is C7H6Cl2F2N2O. The molecule has 0 radical (unpaired) electrons. The maximum absolute atomic E-state index is 12.2. The molecule has 0 aromatic heterocycles. The highest BCUT2D eigenvalue weighted by Gasteiger charge is 2.28. The van der Waals surface area contributed by atoms with Gasteiger partial charge in [0.25, 0.3) is 0 Å². The zero-order valence-electron chi connectivity index (χ0n) is 6.73. The zero-order chi connectivity index (χ0) is 10.9. The standard InChI is InChI=1S/C7H6Cl2F2N2O/c8-3-1-4(12)5(13)2-6(3)14-7(9,10)11/h1-2H,12-13H2. The summed E-state index contributed by atoms with van der Waals surface area (Å²) >= 11 is 10.1. The Morgan fingerprint density at radius 2 is 1.71 bits per heavy atom. The average molecular weight is 243 g/mol. The molecule has 0 aliphatic heterocycles. The van der Waals surface area contributed by atoms with E-state index in [9.17, 15) is 8.78 Å². The summed E-state index contributed by atoms with van der Waals surface area (Å²) in [6, 6.07) is 2.28. The van der Waals surface area contributed by atoms with Crippen LogP contribution in [0.25, 0.3) is 0 Å². The van der Waals surface area contributed by atoms with E-state index in [0.29, 0.717) is 0 Å². The number of hydrogen-bond acceptors (Lipinski definition) is 3. The zero-order valence-corrected chi connectivity index (χ0v) is 8.24. The fourth-order valence-electron chi connectivity index (χ4n) is 0.787. The van der Waals surface area contributed by atoms with Crippen LogP contribution in [0.1, 0.15) is 0 Å². The fraction of sp³-hybridized carbons (Fsp3) is 0.143. The Morgan fingerprint density at radius 1 is 1.21 bits per heavy atom. The van der Waals surface area contributed by atoms with Crippen LogP contribution in [0.3, 0.4) is 0 Å².